The number of rotatable bonds is 3. The fourth-order valence-electron chi connectivity index (χ4n) is 6.56. The maximum Gasteiger partial charge on any atom is 0.302 e. The molecule has 0 bridgehead atoms. The Morgan fingerprint density at radius 1 is 1.20 bits per heavy atom. The van der Waals surface area contributed by atoms with E-state index in [-0.39, 0.29) is 12.1 Å². The molecule has 0 heterocycles. The number of esters is 1. The Kier molecular flexibility index (Phi) is 4.56. The molecule has 5 unspecified atom stereocenters. The van der Waals surface area contributed by atoms with Crippen molar-refractivity contribution in [2.75, 3.05) is 6.61 Å². The van der Waals surface area contributed by atoms with Crippen LogP contribution in [0, 0.1) is 29.1 Å². The van der Waals surface area contributed by atoms with E-state index in [0.29, 0.717) is 29.8 Å². The van der Waals surface area contributed by atoms with Gasteiger partial charge in [0, 0.05) is 6.92 Å². The normalized spacial score (nSPS) is 42.6. The van der Waals surface area contributed by atoms with Gasteiger partial charge < -0.3 is 9.84 Å². The Morgan fingerprint density at radius 3 is 2.84 bits per heavy atom. The van der Waals surface area contributed by atoms with E-state index in [1.165, 1.54) is 38.2 Å². The molecule has 0 saturated heterocycles. The number of carbonyl (C=O) groups excluding carboxylic acids is 1. The minimum atomic E-state index is -0.157. The summed E-state index contributed by atoms with van der Waals surface area (Å²) in [6.45, 7) is 4.57. The third-order valence-electron chi connectivity index (χ3n) is 7.86. The highest BCUT2D eigenvalue weighted by Crippen LogP contribution is 2.62. The molecule has 0 aromatic rings. The third-order valence-corrected chi connectivity index (χ3v) is 7.86. The zero-order valence-corrected chi connectivity index (χ0v) is 15.7. The maximum atomic E-state index is 11.1. The monoisotopic (exact) mass is 344 g/mol. The molecule has 0 aromatic heterocycles. The van der Waals surface area contributed by atoms with Crippen molar-refractivity contribution in [3.05, 3.63) is 23.3 Å². The highest BCUT2D eigenvalue weighted by Gasteiger charge is 2.53. The molecule has 0 aliphatic heterocycles. The molecular formula is C22H32O3. The lowest BCUT2D eigenvalue weighted by atomic mass is 9.55. The summed E-state index contributed by atoms with van der Waals surface area (Å²) in [5, 5.41) is 9.99. The SMILES string of the molecule is CC(=O)OCC[C@H]1CCC2C3=CC=C4CC(O)CCC4C3CCC21C. The number of carbonyl (C=O) groups is 1. The molecule has 3 heteroatoms. The lowest BCUT2D eigenvalue weighted by Crippen LogP contribution is -2.41. The molecule has 138 valence electrons. The van der Waals surface area contributed by atoms with Gasteiger partial charge in [-0.2, -0.15) is 0 Å². The van der Waals surface area contributed by atoms with E-state index in [1.54, 1.807) is 5.57 Å². The van der Waals surface area contributed by atoms with Crippen LogP contribution >= 0.6 is 0 Å². The molecule has 4 rings (SSSR count). The Labute approximate surface area is 151 Å². The average molecular weight is 344 g/mol. The van der Waals surface area contributed by atoms with Gasteiger partial charge in [-0.3, -0.25) is 4.79 Å². The van der Waals surface area contributed by atoms with Gasteiger partial charge >= 0.3 is 5.97 Å². The molecule has 1 N–H and O–H groups in total. The van der Waals surface area contributed by atoms with Gasteiger partial charge in [0.25, 0.3) is 0 Å². The summed E-state index contributed by atoms with van der Waals surface area (Å²) in [4.78, 5) is 11.1. The number of ether oxygens (including phenoxy) is 1. The fourth-order valence-corrected chi connectivity index (χ4v) is 6.56. The van der Waals surface area contributed by atoms with Crippen LogP contribution in [-0.2, 0) is 9.53 Å². The standard InChI is InChI=1S/C22H32O3/c1-14(23)25-12-10-16-4-8-21-20-6-3-15-13-17(24)5-7-18(15)19(20)9-11-22(16,21)2/h3,6,16-19,21,24H,4-5,7-13H2,1-2H3/t16-,17?,18?,19?,21?,22?/m1/s1. The highest BCUT2D eigenvalue weighted by atomic mass is 16.5. The van der Waals surface area contributed by atoms with Crippen LogP contribution in [0.1, 0.15) is 65.2 Å². The summed E-state index contributed by atoms with van der Waals surface area (Å²) in [6, 6.07) is 0. The fraction of sp³-hybridized carbons (Fsp3) is 0.773. The van der Waals surface area contributed by atoms with E-state index < -0.39 is 0 Å². The summed E-state index contributed by atoms with van der Waals surface area (Å²) in [5.41, 5.74) is 3.58. The minimum Gasteiger partial charge on any atom is -0.466 e. The van der Waals surface area contributed by atoms with Gasteiger partial charge in [0.2, 0.25) is 0 Å². The summed E-state index contributed by atoms with van der Waals surface area (Å²) < 4.78 is 5.23. The molecule has 0 radical (unpaired) electrons. The van der Waals surface area contributed by atoms with E-state index in [9.17, 15) is 9.90 Å². The molecule has 3 fully saturated rings. The van der Waals surface area contributed by atoms with Gasteiger partial charge in [-0.25, -0.2) is 0 Å². The van der Waals surface area contributed by atoms with Gasteiger partial charge in [0.1, 0.15) is 0 Å². The van der Waals surface area contributed by atoms with Crippen LogP contribution in [-0.4, -0.2) is 23.8 Å². The van der Waals surface area contributed by atoms with Crippen molar-refractivity contribution in [2.24, 2.45) is 29.1 Å². The maximum absolute atomic E-state index is 11.1. The van der Waals surface area contributed by atoms with Gasteiger partial charge in [0.15, 0.2) is 0 Å². The first-order chi connectivity index (χ1) is 12.0. The second-order valence-electron chi connectivity index (χ2n) is 9.06. The van der Waals surface area contributed by atoms with Gasteiger partial charge in [0.05, 0.1) is 12.7 Å². The quantitative estimate of drug-likeness (QED) is 0.772. The van der Waals surface area contributed by atoms with Crippen molar-refractivity contribution < 1.29 is 14.6 Å². The third kappa shape index (κ3) is 2.99. The predicted molar refractivity (Wildman–Crippen MR) is 97.8 cm³/mol. The van der Waals surface area contributed by atoms with Crippen molar-refractivity contribution in [2.45, 2.75) is 71.3 Å². The van der Waals surface area contributed by atoms with Crippen LogP contribution in [0.2, 0.25) is 0 Å². The zero-order valence-electron chi connectivity index (χ0n) is 15.7. The molecule has 3 saturated carbocycles. The van der Waals surface area contributed by atoms with Gasteiger partial charge in [-0.1, -0.05) is 30.2 Å². The van der Waals surface area contributed by atoms with Crippen LogP contribution in [0.3, 0.4) is 0 Å². The summed E-state index contributed by atoms with van der Waals surface area (Å²) in [6.07, 6.45) is 13.8. The minimum absolute atomic E-state index is 0.122. The van der Waals surface area contributed by atoms with E-state index in [1.807, 2.05) is 0 Å². The summed E-state index contributed by atoms with van der Waals surface area (Å²) >= 11 is 0. The highest BCUT2D eigenvalue weighted by molar-refractivity contribution is 5.65. The molecule has 4 aliphatic rings. The lowest BCUT2D eigenvalue weighted by Gasteiger charge is -2.50. The van der Waals surface area contributed by atoms with Crippen LogP contribution < -0.4 is 0 Å². The second kappa shape index (κ2) is 6.57. The summed E-state index contributed by atoms with van der Waals surface area (Å²) in [7, 11) is 0. The molecule has 3 nitrogen and oxygen atoms in total. The Morgan fingerprint density at radius 2 is 2.04 bits per heavy atom. The largest absolute Gasteiger partial charge is 0.466 e. The topological polar surface area (TPSA) is 46.5 Å². The first-order valence-corrected chi connectivity index (χ1v) is 10.2. The molecule has 6 atom stereocenters. The number of aliphatic hydroxyl groups excluding tert-OH is 1. The Balaban J connectivity index is 1.51. The molecule has 0 amide bonds. The van der Waals surface area contributed by atoms with Crippen molar-refractivity contribution in [1.82, 2.24) is 0 Å². The second-order valence-corrected chi connectivity index (χ2v) is 9.06. The molecule has 0 spiro atoms. The first kappa shape index (κ1) is 17.3. The Bertz CT molecular complexity index is 604. The zero-order chi connectivity index (χ0) is 17.6. The van der Waals surface area contributed by atoms with Crippen LogP contribution in [0.5, 0.6) is 0 Å². The van der Waals surface area contributed by atoms with E-state index in [2.05, 4.69) is 19.1 Å². The number of allylic oxidation sites excluding steroid dienone is 3. The van der Waals surface area contributed by atoms with E-state index >= 15 is 0 Å². The first-order valence-electron chi connectivity index (χ1n) is 10.2. The predicted octanol–water partition coefficient (Wildman–Crippen LogP) is 4.41. The van der Waals surface area contributed by atoms with E-state index in [0.717, 1.165) is 31.6 Å². The average Bonchev–Trinajstić information content (AvgIpc) is 2.91. The van der Waals surface area contributed by atoms with Crippen molar-refractivity contribution in [3.63, 3.8) is 0 Å². The lowest BCUT2D eigenvalue weighted by molar-refractivity contribution is -0.141. The van der Waals surface area contributed by atoms with E-state index in [4.69, 9.17) is 4.74 Å². The molecule has 0 aromatic carbocycles. The molecule has 25 heavy (non-hydrogen) atoms. The van der Waals surface area contributed by atoms with Crippen molar-refractivity contribution in [3.8, 4) is 0 Å². The molecular weight excluding hydrogens is 312 g/mol. The van der Waals surface area contributed by atoms with Crippen LogP contribution in [0.25, 0.3) is 0 Å². The number of hydrogen-bond acceptors (Lipinski definition) is 3. The number of aliphatic hydroxyl groups is 1. The van der Waals surface area contributed by atoms with Crippen LogP contribution in [0.4, 0.5) is 0 Å². The summed E-state index contributed by atoms with van der Waals surface area (Å²) in [5.74, 6) is 2.64. The van der Waals surface area contributed by atoms with Crippen molar-refractivity contribution in [1.29, 1.82) is 0 Å². The van der Waals surface area contributed by atoms with Crippen LogP contribution in [0.15, 0.2) is 23.3 Å². The Hall–Kier alpha value is -1.09. The molecule has 4 aliphatic carbocycles. The number of fused-ring (bicyclic) bond motifs is 5. The van der Waals surface area contributed by atoms with Gasteiger partial charge in [-0.05, 0) is 80.5 Å². The van der Waals surface area contributed by atoms with Gasteiger partial charge in [-0.15, -0.1) is 0 Å². The smallest absolute Gasteiger partial charge is 0.302 e. The number of hydrogen-bond donors (Lipinski definition) is 1. The van der Waals surface area contributed by atoms with Crippen molar-refractivity contribution >= 4 is 5.97 Å².